The molecule has 0 aliphatic rings. The number of imidazole rings is 1. The fraction of sp³-hybridized carbons (Fsp3) is 0.286. The van der Waals surface area contributed by atoms with Crippen molar-refractivity contribution in [1.82, 2.24) is 19.5 Å². The van der Waals surface area contributed by atoms with E-state index in [9.17, 15) is 0 Å². The third-order valence-corrected chi connectivity index (χ3v) is 1.77. The zero-order chi connectivity index (χ0) is 9.26. The van der Waals surface area contributed by atoms with E-state index in [4.69, 9.17) is 5.73 Å². The van der Waals surface area contributed by atoms with Gasteiger partial charge in [0.1, 0.15) is 11.8 Å². The lowest BCUT2D eigenvalue weighted by Crippen LogP contribution is -2.12. The maximum Gasteiger partial charge on any atom is 0.165 e. The minimum atomic E-state index is 0.336. The quantitative estimate of drug-likeness (QED) is 0.616. The minimum Gasteiger partial charge on any atom is -0.356 e. The monoisotopic (exact) mass is 178 g/mol. The van der Waals surface area contributed by atoms with Gasteiger partial charge in [-0.1, -0.05) is 0 Å². The highest BCUT2D eigenvalue weighted by Crippen LogP contribution is 2.15. The predicted octanol–water partition coefficient (Wildman–Crippen LogP) is -0.309. The van der Waals surface area contributed by atoms with E-state index < -0.39 is 0 Å². The molecule has 0 bridgehead atoms. The molecule has 0 atom stereocenters. The number of hydrogen-bond donors (Lipinski definition) is 2. The Balaban J connectivity index is 2.63. The van der Waals surface area contributed by atoms with Crippen molar-refractivity contribution in [2.75, 3.05) is 12.0 Å². The highest BCUT2D eigenvalue weighted by atomic mass is 15.1. The van der Waals surface area contributed by atoms with Crippen LogP contribution in [0.25, 0.3) is 11.2 Å². The Morgan fingerprint density at radius 3 is 3.08 bits per heavy atom. The van der Waals surface area contributed by atoms with E-state index in [-0.39, 0.29) is 0 Å². The zero-order valence-corrected chi connectivity index (χ0v) is 7.23. The van der Waals surface area contributed by atoms with Crippen LogP contribution in [-0.4, -0.2) is 26.2 Å². The summed E-state index contributed by atoms with van der Waals surface area (Å²) in [6, 6.07) is 0. The van der Waals surface area contributed by atoms with Gasteiger partial charge in [-0.25, -0.2) is 15.0 Å². The molecule has 0 radical (unpaired) electrons. The summed E-state index contributed by atoms with van der Waals surface area (Å²) >= 11 is 0. The second-order valence-electron chi connectivity index (χ2n) is 2.63. The summed E-state index contributed by atoms with van der Waals surface area (Å²) in [5.41, 5.74) is 6.90. The SMILES string of the molecule is Cn1cnc2c(NCN)ncnc21. The van der Waals surface area contributed by atoms with Gasteiger partial charge in [0.25, 0.3) is 0 Å². The van der Waals surface area contributed by atoms with Crippen molar-refractivity contribution in [3.63, 3.8) is 0 Å². The predicted molar refractivity (Wildman–Crippen MR) is 49.0 cm³/mol. The summed E-state index contributed by atoms with van der Waals surface area (Å²) in [4.78, 5) is 12.3. The van der Waals surface area contributed by atoms with Crippen LogP contribution < -0.4 is 11.1 Å². The number of nitrogens with zero attached hydrogens (tertiary/aromatic N) is 4. The number of anilines is 1. The summed E-state index contributed by atoms with van der Waals surface area (Å²) in [5.74, 6) is 0.674. The Bertz CT molecular complexity index is 420. The van der Waals surface area contributed by atoms with Crippen LogP contribution in [0.4, 0.5) is 5.82 Å². The molecular formula is C7H10N6. The molecule has 0 amide bonds. The van der Waals surface area contributed by atoms with Crippen LogP contribution in [0.2, 0.25) is 0 Å². The van der Waals surface area contributed by atoms with Gasteiger partial charge in [-0.2, -0.15) is 0 Å². The molecular weight excluding hydrogens is 168 g/mol. The smallest absolute Gasteiger partial charge is 0.165 e. The van der Waals surface area contributed by atoms with E-state index >= 15 is 0 Å². The number of nitrogens with two attached hydrogens (primary N) is 1. The molecule has 0 saturated carbocycles. The summed E-state index contributed by atoms with van der Waals surface area (Å²) in [5, 5.41) is 2.91. The molecule has 0 aliphatic carbocycles. The van der Waals surface area contributed by atoms with Gasteiger partial charge in [-0.05, 0) is 0 Å². The first kappa shape index (κ1) is 7.93. The van der Waals surface area contributed by atoms with E-state index in [0.717, 1.165) is 11.2 Å². The standard InChI is InChI=1S/C7H10N6/c1-13-4-12-5-6(9-2-8)10-3-11-7(5)13/h3-4H,2,8H2,1H3,(H,9,10,11). The summed E-state index contributed by atoms with van der Waals surface area (Å²) in [6.07, 6.45) is 3.18. The van der Waals surface area contributed by atoms with E-state index in [0.29, 0.717) is 12.5 Å². The van der Waals surface area contributed by atoms with E-state index in [1.54, 1.807) is 6.33 Å². The normalized spacial score (nSPS) is 10.6. The second kappa shape index (κ2) is 2.98. The first-order valence-electron chi connectivity index (χ1n) is 3.89. The molecule has 0 fully saturated rings. The lowest BCUT2D eigenvalue weighted by atomic mass is 10.5. The van der Waals surface area contributed by atoms with Gasteiger partial charge < -0.3 is 15.6 Å². The Morgan fingerprint density at radius 2 is 2.31 bits per heavy atom. The molecule has 3 N–H and O–H groups in total. The average molecular weight is 178 g/mol. The fourth-order valence-corrected chi connectivity index (χ4v) is 1.17. The highest BCUT2D eigenvalue weighted by molar-refractivity contribution is 5.82. The van der Waals surface area contributed by atoms with Crippen molar-refractivity contribution in [1.29, 1.82) is 0 Å². The number of hydrogen-bond acceptors (Lipinski definition) is 5. The van der Waals surface area contributed by atoms with Gasteiger partial charge in [0.2, 0.25) is 0 Å². The third-order valence-electron chi connectivity index (χ3n) is 1.77. The Kier molecular flexibility index (Phi) is 1.82. The van der Waals surface area contributed by atoms with E-state index in [1.165, 1.54) is 6.33 Å². The van der Waals surface area contributed by atoms with Crippen LogP contribution in [0.3, 0.4) is 0 Å². The molecule has 2 aromatic heterocycles. The molecule has 0 saturated heterocycles. The van der Waals surface area contributed by atoms with Crippen molar-refractivity contribution in [3.8, 4) is 0 Å². The third kappa shape index (κ3) is 1.20. The van der Waals surface area contributed by atoms with Gasteiger partial charge in [-0.3, -0.25) is 0 Å². The molecule has 0 aliphatic heterocycles. The zero-order valence-electron chi connectivity index (χ0n) is 7.23. The maximum atomic E-state index is 5.35. The first-order valence-corrected chi connectivity index (χ1v) is 3.89. The molecule has 0 spiro atoms. The number of rotatable bonds is 2. The number of aryl methyl sites for hydroxylation is 1. The van der Waals surface area contributed by atoms with Crippen molar-refractivity contribution in [2.45, 2.75) is 0 Å². The van der Waals surface area contributed by atoms with E-state index in [2.05, 4.69) is 20.3 Å². The van der Waals surface area contributed by atoms with Crippen LogP contribution >= 0.6 is 0 Å². The topological polar surface area (TPSA) is 81.7 Å². The largest absolute Gasteiger partial charge is 0.356 e. The van der Waals surface area contributed by atoms with Crippen LogP contribution in [0.15, 0.2) is 12.7 Å². The molecule has 6 heteroatoms. The lowest BCUT2D eigenvalue weighted by molar-refractivity contribution is 0.928. The van der Waals surface area contributed by atoms with Gasteiger partial charge >= 0.3 is 0 Å². The second-order valence-corrected chi connectivity index (χ2v) is 2.63. The lowest BCUT2D eigenvalue weighted by Gasteiger charge is -2.01. The van der Waals surface area contributed by atoms with E-state index in [1.807, 2.05) is 11.6 Å². The Hall–Kier alpha value is -1.69. The molecule has 2 aromatic rings. The van der Waals surface area contributed by atoms with Gasteiger partial charge in [0.15, 0.2) is 11.5 Å². The van der Waals surface area contributed by atoms with Crippen LogP contribution in [0.1, 0.15) is 0 Å². The van der Waals surface area contributed by atoms with Gasteiger partial charge in [0.05, 0.1) is 13.0 Å². The van der Waals surface area contributed by atoms with Crippen molar-refractivity contribution >= 4 is 17.0 Å². The van der Waals surface area contributed by atoms with Gasteiger partial charge in [0, 0.05) is 7.05 Å². The fourth-order valence-electron chi connectivity index (χ4n) is 1.17. The van der Waals surface area contributed by atoms with Crippen molar-refractivity contribution < 1.29 is 0 Å². The molecule has 2 rings (SSSR count). The molecule has 13 heavy (non-hydrogen) atoms. The Morgan fingerprint density at radius 1 is 1.46 bits per heavy atom. The number of nitrogens with one attached hydrogen (secondary N) is 1. The minimum absolute atomic E-state index is 0.336. The summed E-state index contributed by atoms with van der Waals surface area (Å²) in [6.45, 7) is 0.336. The molecule has 6 nitrogen and oxygen atoms in total. The van der Waals surface area contributed by atoms with Crippen molar-refractivity contribution in [3.05, 3.63) is 12.7 Å². The highest BCUT2D eigenvalue weighted by Gasteiger charge is 2.06. The van der Waals surface area contributed by atoms with Crippen molar-refractivity contribution in [2.24, 2.45) is 12.8 Å². The molecule has 0 aromatic carbocycles. The number of aromatic nitrogens is 4. The van der Waals surface area contributed by atoms with Crippen LogP contribution in [0.5, 0.6) is 0 Å². The molecule has 0 unspecified atom stereocenters. The molecule has 2 heterocycles. The van der Waals surface area contributed by atoms with Crippen LogP contribution in [-0.2, 0) is 7.05 Å². The number of fused-ring (bicyclic) bond motifs is 1. The van der Waals surface area contributed by atoms with Crippen LogP contribution in [0, 0.1) is 0 Å². The Labute approximate surface area is 74.8 Å². The maximum absolute atomic E-state index is 5.35. The summed E-state index contributed by atoms with van der Waals surface area (Å²) in [7, 11) is 1.88. The first-order chi connectivity index (χ1) is 6.33. The molecule has 68 valence electrons. The van der Waals surface area contributed by atoms with Gasteiger partial charge in [-0.15, -0.1) is 0 Å². The average Bonchev–Trinajstić information content (AvgIpc) is 2.50. The summed E-state index contributed by atoms with van der Waals surface area (Å²) < 4.78 is 1.83.